The number of aliphatic hydroxyl groups excluding tert-OH is 7. The number of hydrogen-bond donors (Lipinski definition) is 7. The molecule has 2 aliphatic heterocycles. The van der Waals surface area contributed by atoms with Crippen LogP contribution in [0.2, 0.25) is 0 Å². The van der Waals surface area contributed by atoms with Crippen molar-refractivity contribution in [1.82, 2.24) is 0 Å². The van der Waals surface area contributed by atoms with Crippen LogP contribution < -0.4 is 0 Å². The minimum Gasteiger partial charge on any atom is -0.394 e. The van der Waals surface area contributed by atoms with E-state index in [9.17, 15) is 35.7 Å². The van der Waals surface area contributed by atoms with E-state index in [0.29, 0.717) is 6.61 Å². The van der Waals surface area contributed by atoms with Gasteiger partial charge in [-0.05, 0) is 6.42 Å². The second-order valence-electron chi connectivity index (χ2n) is 8.85. The predicted octanol–water partition coefficient (Wildman–Crippen LogP) is -1.23. The van der Waals surface area contributed by atoms with Gasteiger partial charge in [0.05, 0.1) is 13.2 Å². The smallest absolute Gasteiger partial charge is 0.187 e. The van der Waals surface area contributed by atoms with Crippen LogP contribution in [0.15, 0.2) is 0 Å². The second-order valence-corrected chi connectivity index (χ2v) is 8.85. The SMILES string of the molecule is CCCCCCCCCCO[C@@H]1O[C@@H](CO)[C@@H](O[C@H]2O[C@@H](CO)[C@@H](O)[C@@H](O)[C@H]2O)[C@H](O)[C@H]1O. The Morgan fingerprint density at radius 1 is 0.606 bits per heavy atom. The van der Waals surface area contributed by atoms with Gasteiger partial charge in [0.2, 0.25) is 0 Å². The maximum absolute atomic E-state index is 10.6. The van der Waals surface area contributed by atoms with Crippen molar-refractivity contribution in [2.24, 2.45) is 0 Å². The molecule has 0 aromatic rings. The van der Waals surface area contributed by atoms with Crippen LogP contribution >= 0.6 is 0 Å². The van der Waals surface area contributed by atoms with Gasteiger partial charge in [-0.2, -0.15) is 0 Å². The Hall–Kier alpha value is -0.440. The zero-order valence-electron chi connectivity index (χ0n) is 19.3. The van der Waals surface area contributed by atoms with Crippen LogP contribution in [0.4, 0.5) is 0 Å². The first-order valence-electron chi connectivity index (χ1n) is 12.1. The van der Waals surface area contributed by atoms with Gasteiger partial charge in [-0.25, -0.2) is 0 Å². The normalized spacial score (nSPS) is 39.6. The van der Waals surface area contributed by atoms with E-state index in [-0.39, 0.29) is 0 Å². The van der Waals surface area contributed by atoms with Crippen molar-refractivity contribution in [3.63, 3.8) is 0 Å². The molecular formula is C22H42O11. The molecule has 0 amide bonds. The predicted molar refractivity (Wildman–Crippen MR) is 115 cm³/mol. The first kappa shape index (κ1) is 28.8. The van der Waals surface area contributed by atoms with Crippen molar-refractivity contribution in [1.29, 1.82) is 0 Å². The molecule has 0 radical (unpaired) electrons. The van der Waals surface area contributed by atoms with Crippen LogP contribution in [0.25, 0.3) is 0 Å². The van der Waals surface area contributed by atoms with E-state index in [1.54, 1.807) is 0 Å². The lowest BCUT2D eigenvalue weighted by Gasteiger charge is -2.45. The third kappa shape index (κ3) is 8.04. The van der Waals surface area contributed by atoms with Crippen LogP contribution in [0.1, 0.15) is 58.3 Å². The Morgan fingerprint density at radius 3 is 1.76 bits per heavy atom. The zero-order valence-corrected chi connectivity index (χ0v) is 19.3. The first-order valence-corrected chi connectivity index (χ1v) is 12.1. The highest BCUT2D eigenvalue weighted by atomic mass is 16.7. The summed E-state index contributed by atoms with van der Waals surface area (Å²) in [5, 5.41) is 69.9. The average molecular weight is 483 g/mol. The summed E-state index contributed by atoms with van der Waals surface area (Å²) < 4.78 is 22.0. The Labute approximate surface area is 194 Å². The standard InChI is InChI=1S/C22H42O11/c1-2-3-4-5-6-7-8-9-10-30-21-19(29)17(27)20(14(12-24)32-21)33-22-18(28)16(26)15(25)13(11-23)31-22/h13-29H,2-12H2,1H3/t13-,14-,15+,16+,17+,18+,19+,20+,21+,22+/m0/s1. The van der Waals surface area contributed by atoms with E-state index in [1.165, 1.54) is 32.1 Å². The van der Waals surface area contributed by atoms with Crippen LogP contribution in [0.3, 0.4) is 0 Å². The molecule has 0 unspecified atom stereocenters. The molecule has 11 heteroatoms. The van der Waals surface area contributed by atoms with Gasteiger partial charge in [0.25, 0.3) is 0 Å². The van der Waals surface area contributed by atoms with E-state index in [4.69, 9.17) is 18.9 Å². The van der Waals surface area contributed by atoms with Crippen molar-refractivity contribution in [3.8, 4) is 0 Å². The summed E-state index contributed by atoms with van der Waals surface area (Å²) >= 11 is 0. The van der Waals surface area contributed by atoms with Crippen molar-refractivity contribution in [3.05, 3.63) is 0 Å². The molecule has 2 aliphatic rings. The van der Waals surface area contributed by atoms with E-state index in [0.717, 1.165) is 19.3 Å². The van der Waals surface area contributed by atoms with Gasteiger partial charge >= 0.3 is 0 Å². The molecule has 0 saturated carbocycles. The quantitative estimate of drug-likeness (QED) is 0.147. The van der Waals surface area contributed by atoms with Gasteiger partial charge < -0.3 is 54.7 Å². The second kappa shape index (κ2) is 14.8. The molecule has 0 aromatic carbocycles. The topological polar surface area (TPSA) is 179 Å². The Kier molecular flexibility index (Phi) is 13.0. The lowest BCUT2D eigenvalue weighted by molar-refractivity contribution is -0.359. The molecule has 7 N–H and O–H groups in total. The maximum atomic E-state index is 10.6. The minimum absolute atomic E-state index is 0.319. The van der Waals surface area contributed by atoms with Gasteiger partial charge in [0, 0.05) is 6.61 Å². The van der Waals surface area contributed by atoms with Gasteiger partial charge in [0.15, 0.2) is 12.6 Å². The van der Waals surface area contributed by atoms with Gasteiger partial charge in [-0.3, -0.25) is 0 Å². The molecule has 2 heterocycles. The molecular weight excluding hydrogens is 440 g/mol. The van der Waals surface area contributed by atoms with E-state index in [1.807, 2.05) is 0 Å². The fourth-order valence-corrected chi connectivity index (χ4v) is 4.13. The first-order chi connectivity index (χ1) is 15.8. The van der Waals surface area contributed by atoms with Gasteiger partial charge in [-0.15, -0.1) is 0 Å². The number of unbranched alkanes of at least 4 members (excludes halogenated alkanes) is 7. The van der Waals surface area contributed by atoms with Crippen LogP contribution in [0.5, 0.6) is 0 Å². The molecule has 0 spiro atoms. The van der Waals surface area contributed by atoms with Crippen molar-refractivity contribution >= 4 is 0 Å². The summed E-state index contributed by atoms with van der Waals surface area (Å²) in [5.41, 5.74) is 0. The third-order valence-corrected chi connectivity index (χ3v) is 6.24. The summed E-state index contributed by atoms with van der Waals surface area (Å²) in [4.78, 5) is 0. The van der Waals surface area contributed by atoms with Crippen molar-refractivity contribution in [2.45, 2.75) is 120 Å². The molecule has 0 bridgehead atoms. The fraction of sp³-hybridized carbons (Fsp3) is 1.00. The number of aliphatic hydroxyl groups is 7. The van der Waals surface area contributed by atoms with E-state index < -0.39 is 74.6 Å². The molecule has 0 aromatic heterocycles. The molecule has 2 fully saturated rings. The van der Waals surface area contributed by atoms with Crippen molar-refractivity contribution < 1.29 is 54.7 Å². The largest absolute Gasteiger partial charge is 0.394 e. The van der Waals surface area contributed by atoms with Crippen LogP contribution in [0, 0.1) is 0 Å². The van der Waals surface area contributed by atoms with Crippen LogP contribution in [-0.4, -0.2) is 117 Å². The highest BCUT2D eigenvalue weighted by molar-refractivity contribution is 4.94. The Bertz CT molecular complexity index is 521. The molecule has 11 nitrogen and oxygen atoms in total. The fourth-order valence-electron chi connectivity index (χ4n) is 4.13. The highest BCUT2D eigenvalue weighted by Crippen LogP contribution is 2.29. The van der Waals surface area contributed by atoms with E-state index >= 15 is 0 Å². The lowest BCUT2D eigenvalue weighted by Crippen LogP contribution is -2.64. The Balaban J connectivity index is 1.82. The Morgan fingerprint density at radius 2 is 1.15 bits per heavy atom. The van der Waals surface area contributed by atoms with Gasteiger partial charge in [0.1, 0.15) is 48.8 Å². The van der Waals surface area contributed by atoms with Gasteiger partial charge in [-0.1, -0.05) is 51.9 Å². The third-order valence-electron chi connectivity index (χ3n) is 6.24. The van der Waals surface area contributed by atoms with Crippen molar-refractivity contribution in [2.75, 3.05) is 19.8 Å². The molecule has 2 saturated heterocycles. The monoisotopic (exact) mass is 482 g/mol. The van der Waals surface area contributed by atoms with Crippen LogP contribution in [-0.2, 0) is 18.9 Å². The number of ether oxygens (including phenoxy) is 4. The molecule has 0 aliphatic carbocycles. The minimum atomic E-state index is -1.69. The summed E-state index contributed by atoms with van der Waals surface area (Å²) in [6.07, 6.45) is -5.35. The summed E-state index contributed by atoms with van der Waals surface area (Å²) in [6.45, 7) is 1.28. The summed E-state index contributed by atoms with van der Waals surface area (Å²) in [5.74, 6) is 0. The number of rotatable bonds is 14. The molecule has 33 heavy (non-hydrogen) atoms. The zero-order chi connectivity index (χ0) is 24.4. The highest BCUT2D eigenvalue weighted by Gasteiger charge is 2.50. The van der Waals surface area contributed by atoms with E-state index in [2.05, 4.69) is 6.92 Å². The summed E-state index contributed by atoms with van der Waals surface area (Å²) in [6, 6.07) is 0. The molecule has 10 atom stereocenters. The lowest BCUT2D eigenvalue weighted by atomic mass is 9.97. The molecule has 196 valence electrons. The average Bonchev–Trinajstić information content (AvgIpc) is 2.82. The maximum Gasteiger partial charge on any atom is 0.187 e. The number of hydrogen-bond acceptors (Lipinski definition) is 11. The molecule has 2 rings (SSSR count). The summed E-state index contributed by atoms with van der Waals surface area (Å²) in [7, 11) is 0.